The Labute approximate surface area is 116 Å². The first kappa shape index (κ1) is 14.5. The van der Waals surface area contributed by atoms with Crippen LogP contribution in [0.4, 0.5) is 0 Å². The topological polar surface area (TPSA) is 50.1 Å². The van der Waals surface area contributed by atoms with E-state index in [2.05, 4.69) is 24.3 Å². The third kappa shape index (κ3) is 3.57. The van der Waals surface area contributed by atoms with Crippen LogP contribution >= 0.6 is 0 Å². The minimum absolute atomic E-state index is 0.575. The largest absolute Gasteiger partial charge is 0.385 e. The van der Waals surface area contributed by atoms with Crippen molar-refractivity contribution in [3.8, 4) is 0 Å². The van der Waals surface area contributed by atoms with Gasteiger partial charge in [-0.05, 0) is 45.1 Å². The molecule has 1 heterocycles. The lowest BCUT2D eigenvalue weighted by atomic mass is 9.79. The maximum Gasteiger partial charge on any atom is 0.0928 e. The van der Waals surface area contributed by atoms with Gasteiger partial charge >= 0.3 is 0 Å². The van der Waals surface area contributed by atoms with Gasteiger partial charge in [0.05, 0.1) is 11.8 Å². The average molecular weight is 265 g/mol. The van der Waals surface area contributed by atoms with Crippen molar-refractivity contribution in [1.29, 1.82) is 0 Å². The third-order valence-electron chi connectivity index (χ3n) is 4.12. The van der Waals surface area contributed by atoms with Crippen LogP contribution in [0.3, 0.4) is 0 Å². The van der Waals surface area contributed by atoms with E-state index >= 15 is 0 Å². The van der Waals surface area contributed by atoms with E-state index in [0.29, 0.717) is 6.04 Å². The molecule has 0 spiro atoms. The average Bonchev–Trinajstić information content (AvgIpc) is 2.88. The number of aliphatic hydroxyl groups is 1. The molecular formula is C15H27N3O. The van der Waals surface area contributed by atoms with Crippen molar-refractivity contribution < 1.29 is 5.11 Å². The summed E-state index contributed by atoms with van der Waals surface area (Å²) in [7, 11) is 0. The number of rotatable bonds is 6. The van der Waals surface area contributed by atoms with Crippen LogP contribution in [0, 0.1) is 0 Å². The second kappa shape index (κ2) is 6.53. The number of nitrogens with zero attached hydrogens (tertiary/aromatic N) is 2. The first-order valence-corrected chi connectivity index (χ1v) is 7.66. The fourth-order valence-electron chi connectivity index (χ4n) is 2.89. The van der Waals surface area contributed by atoms with Crippen molar-refractivity contribution in [1.82, 2.24) is 15.1 Å². The lowest BCUT2D eigenvalue weighted by Crippen LogP contribution is -2.39. The number of hydrogen-bond donors (Lipinski definition) is 2. The van der Waals surface area contributed by atoms with Crippen LogP contribution in [-0.4, -0.2) is 27.5 Å². The Morgan fingerprint density at radius 2 is 2.11 bits per heavy atom. The fourth-order valence-corrected chi connectivity index (χ4v) is 2.89. The Bertz CT molecular complexity index is 380. The van der Waals surface area contributed by atoms with Gasteiger partial charge in [-0.3, -0.25) is 4.68 Å². The number of aryl methyl sites for hydroxylation is 1. The fraction of sp³-hybridized carbons (Fsp3) is 0.800. The predicted molar refractivity (Wildman–Crippen MR) is 77.0 cm³/mol. The van der Waals surface area contributed by atoms with Gasteiger partial charge in [0.15, 0.2) is 0 Å². The number of nitrogens with one attached hydrogen (secondary N) is 1. The van der Waals surface area contributed by atoms with Gasteiger partial charge in [-0.15, -0.1) is 0 Å². The molecule has 1 fully saturated rings. The molecule has 4 nitrogen and oxygen atoms in total. The van der Waals surface area contributed by atoms with Crippen molar-refractivity contribution in [2.75, 3.05) is 6.54 Å². The summed E-state index contributed by atoms with van der Waals surface area (Å²) in [5, 5.41) is 18.7. The van der Waals surface area contributed by atoms with E-state index < -0.39 is 5.60 Å². The minimum atomic E-state index is -0.656. The smallest absolute Gasteiger partial charge is 0.0928 e. The molecule has 0 amide bonds. The van der Waals surface area contributed by atoms with E-state index in [1.165, 1.54) is 6.42 Å². The normalized spacial score (nSPS) is 27.6. The lowest BCUT2D eigenvalue weighted by Gasteiger charge is -2.35. The highest BCUT2D eigenvalue weighted by molar-refractivity contribution is 5.16. The lowest BCUT2D eigenvalue weighted by molar-refractivity contribution is -0.00834. The molecule has 108 valence electrons. The SMILES string of the molecule is CCCNC1CCC(O)(c2cnn(CCC)c2)CC1. The van der Waals surface area contributed by atoms with Crippen LogP contribution in [0.5, 0.6) is 0 Å². The Morgan fingerprint density at radius 1 is 1.37 bits per heavy atom. The first-order chi connectivity index (χ1) is 9.18. The maximum absolute atomic E-state index is 10.8. The molecule has 2 rings (SSSR count). The zero-order chi connectivity index (χ0) is 13.7. The van der Waals surface area contributed by atoms with Gasteiger partial charge < -0.3 is 10.4 Å². The molecule has 0 atom stereocenters. The molecule has 0 aromatic carbocycles. The highest BCUT2D eigenvalue weighted by atomic mass is 16.3. The summed E-state index contributed by atoms with van der Waals surface area (Å²) < 4.78 is 1.94. The van der Waals surface area contributed by atoms with Gasteiger partial charge in [0.25, 0.3) is 0 Å². The van der Waals surface area contributed by atoms with Crippen molar-refractivity contribution in [2.45, 2.75) is 70.6 Å². The van der Waals surface area contributed by atoms with Crippen LogP contribution in [0.25, 0.3) is 0 Å². The van der Waals surface area contributed by atoms with Gasteiger partial charge in [-0.1, -0.05) is 13.8 Å². The summed E-state index contributed by atoms with van der Waals surface area (Å²) in [6.07, 6.45) is 9.88. The van der Waals surface area contributed by atoms with Gasteiger partial charge in [0.1, 0.15) is 0 Å². The highest BCUT2D eigenvalue weighted by Gasteiger charge is 2.35. The molecule has 0 radical (unpaired) electrons. The van der Waals surface area contributed by atoms with Crippen molar-refractivity contribution in [2.24, 2.45) is 0 Å². The first-order valence-electron chi connectivity index (χ1n) is 7.66. The van der Waals surface area contributed by atoms with Crippen LogP contribution in [0.15, 0.2) is 12.4 Å². The Hall–Kier alpha value is -0.870. The molecule has 0 aliphatic heterocycles. The summed E-state index contributed by atoms with van der Waals surface area (Å²) in [5.41, 5.74) is 0.339. The molecule has 0 unspecified atom stereocenters. The van der Waals surface area contributed by atoms with E-state index in [4.69, 9.17) is 0 Å². The molecule has 2 N–H and O–H groups in total. The molecule has 0 saturated heterocycles. The van der Waals surface area contributed by atoms with Crippen molar-refractivity contribution >= 4 is 0 Å². The quantitative estimate of drug-likeness (QED) is 0.830. The van der Waals surface area contributed by atoms with Crippen LogP contribution in [0.1, 0.15) is 57.9 Å². The summed E-state index contributed by atoms with van der Waals surface area (Å²) in [4.78, 5) is 0. The Morgan fingerprint density at radius 3 is 2.74 bits per heavy atom. The summed E-state index contributed by atoms with van der Waals surface area (Å²) in [5.74, 6) is 0. The van der Waals surface area contributed by atoms with E-state index in [-0.39, 0.29) is 0 Å². The Kier molecular flexibility index (Phi) is 4.99. The number of hydrogen-bond acceptors (Lipinski definition) is 3. The molecule has 1 aliphatic carbocycles. The summed E-state index contributed by atoms with van der Waals surface area (Å²) >= 11 is 0. The molecule has 1 aliphatic rings. The van der Waals surface area contributed by atoms with Crippen LogP contribution < -0.4 is 5.32 Å². The van der Waals surface area contributed by atoms with Gasteiger partial charge in [-0.25, -0.2) is 0 Å². The zero-order valence-corrected chi connectivity index (χ0v) is 12.2. The predicted octanol–water partition coefficient (Wildman–Crippen LogP) is 2.42. The molecule has 1 saturated carbocycles. The second-order valence-corrected chi connectivity index (χ2v) is 5.75. The molecular weight excluding hydrogens is 238 g/mol. The minimum Gasteiger partial charge on any atom is -0.385 e. The van der Waals surface area contributed by atoms with E-state index in [9.17, 15) is 5.11 Å². The maximum atomic E-state index is 10.8. The van der Waals surface area contributed by atoms with E-state index in [1.54, 1.807) is 0 Å². The molecule has 0 bridgehead atoms. The molecule has 4 heteroatoms. The van der Waals surface area contributed by atoms with Crippen molar-refractivity contribution in [3.05, 3.63) is 18.0 Å². The van der Waals surface area contributed by atoms with E-state index in [0.717, 1.165) is 50.8 Å². The molecule has 19 heavy (non-hydrogen) atoms. The Balaban J connectivity index is 1.92. The standard InChI is InChI=1S/C15H27N3O/c1-3-9-16-14-5-7-15(19,8-6-14)13-11-17-18(12-13)10-4-2/h11-12,14,16,19H,3-10H2,1-2H3. The van der Waals surface area contributed by atoms with Gasteiger partial charge in [-0.2, -0.15) is 5.10 Å². The van der Waals surface area contributed by atoms with Gasteiger partial charge in [0, 0.05) is 24.3 Å². The number of aromatic nitrogens is 2. The second-order valence-electron chi connectivity index (χ2n) is 5.75. The van der Waals surface area contributed by atoms with E-state index in [1.807, 2.05) is 17.1 Å². The zero-order valence-electron chi connectivity index (χ0n) is 12.2. The van der Waals surface area contributed by atoms with Crippen LogP contribution in [0.2, 0.25) is 0 Å². The molecule has 1 aromatic rings. The van der Waals surface area contributed by atoms with Gasteiger partial charge in [0.2, 0.25) is 0 Å². The highest BCUT2D eigenvalue weighted by Crippen LogP contribution is 2.36. The van der Waals surface area contributed by atoms with Crippen molar-refractivity contribution in [3.63, 3.8) is 0 Å². The summed E-state index contributed by atoms with van der Waals surface area (Å²) in [6, 6.07) is 0.575. The molecule has 1 aromatic heterocycles. The van der Waals surface area contributed by atoms with Crippen LogP contribution in [-0.2, 0) is 12.1 Å². The monoisotopic (exact) mass is 265 g/mol. The third-order valence-corrected chi connectivity index (χ3v) is 4.12. The summed E-state index contributed by atoms with van der Waals surface area (Å²) in [6.45, 7) is 6.34.